The molecule has 0 radical (unpaired) electrons. The van der Waals surface area contributed by atoms with Gasteiger partial charge in [0.05, 0.1) is 0 Å². The third-order valence-corrected chi connectivity index (χ3v) is 2.10. The molecule has 78 valence electrons. The maximum Gasteiger partial charge on any atom is 0.420 e. The van der Waals surface area contributed by atoms with Crippen molar-refractivity contribution in [3.8, 4) is 0 Å². The SMILES string of the molecule is Cc1c(N)nc(N)c(C(F)(F)F)c1C. The summed E-state index contributed by atoms with van der Waals surface area (Å²) in [5.41, 5.74) is 9.98. The average molecular weight is 205 g/mol. The Hall–Kier alpha value is -1.46. The highest BCUT2D eigenvalue weighted by Crippen LogP contribution is 2.37. The highest BCUT2D eigenvalue weighted by molar-refractivity contribution is 5.57. The van der Waals surface area contributed by atoms with Gasteiger partial charge in [0.25, 0.3) is 0 Å². The van der Waals surface area contributed by atoms with Gasteiger partial charge in [-0.1, -0.05) is 0 Å². The molecule has 6 heteroatoms. The number of anilines is 2. The first-order valence-corrected chi connectivity index (χ1v) is 3.84. The first-order chi connectivity index (χ1) is 6.25. The van der Waals surface area contributed by atoms with Crippen molar-refractivity contribution in [1.29, 1.82) is 0 Å². The smallest absolute Gasteiger partial charge is 0.383 e. The third kappa shape index (κ3) is 1.59. The molecular formula is C8H10F3N3. The van der Waals surface area contributed by atoms with Crippen molar-refractivity contribution in [2.24, 2.45) is 0 Å². The Morgan fingerprint density at radius 2 is 1.50 bits per heavy atom. The van der Waals surface area contributed by atoms with Gasteiger partial charge >= 0.3 is 6.18 Å². The summed E-state index contributed by atoms with van der Waals surface area (Å²) in [6, 6.07) is 0. The minimum atomic E-state index is -4.49. The molecule has 0 amide bonds. The zero-order chi connectivity index (χ0) is 11.1. The number of nitrogen functional groups attached to an aromatic ring is 2. The van der Waals surface area contributed by atoms with Crippen LogP contribution in [-0.2, 0) is 6.18 Å². The van der Waals surface area contributed by atoms with Crippen LogP contribution in [-0.4, -0.2) is 4.98 Å². The summed E-state index contributed by atoms with van der Waals surface area (Å²) < 4.78 is 37.4. The second-order valence-corrected chi connectivity index (χ2v) is 3.01. The molecule has 1 aromatic heterocycles. The van der Waals surface area contributed by atoms with E-state index in [4.69, 9.17) is 11.5 Å². The molecule has 0 aliphatic heterocycles. The fraction of sp³-hybridized carbons (Fsp3) is 0.375. The van der Waals surface area contributed by atoms with Crippen LogP contribution in [0.5, 0.6) is 0 Å². The predicted molar refractivity (Wildman–Crippen MR) is 47.5 cm³/mol. The molecule has 0 unspecified atom stereocenters. The summed E-state index contributed by atoms with van der Waals surface area (Å²) in [5, 5.41) is 0. The molecule has 4 N–H and O–H groups in total. The van der Waals surface area contributed by atoms with E-state index in [1.54, 1.807) is 0 Å². The molecule has 0 saturated heterocycles. The Labute approximate surface area is 78.9 Å². The van der Waals surface area contributed by atoms with Crippen molar-refractivity contribution in [2.75, 3.05) is 11.5 Å². The summed E-state index contributed by atoms with van der Waals surface area (Å²) in [7, 11) is 0. The monoisotopic (exact) mass is 205 g/mol. The van der Waals surface area contributed by atoms with Crippen LogP contribution in [0.2, 0.25) is 0 Å². The van der Waals surface area contributed by atoms with Gasteiger partial charge in [-0.25, -0.2) is 4.98 Å². The van der Waals surface area contributed by atoms with Gasteiger partial charge in [0.15, 0.2) is 0 Å². The molecule has 0 fully saturated rings. The highest BCUT2D eigenvalue weighted by Gasteiger charge is 2.36. The molecule has 0 atom stereocenters. The van der Waals surface area contributed by atoms with E-state index in [0.29, 0.717) is 5.56 Å². The molecule has 14 heavy (non-hydrogen) atoms. The Morgan fingerprint density at radius 1 is 1.00 bits per heavy atom. The maximum absolute atomic E-state index is 12.5. The van der Waals surface area contributed by atoms with Crippen LogP contribution in [0.1, 0.15) is 16.7 Å². The molecule has 0 spiro atoms. The Kier molecular flexibility index (Phi) is 2.31. The molecule has 0 bridgehead atoms. The summed E-state index contributed by atoms with van der Waals surface area (Å²) in [5.74, 6) is -0.536. The fourth-order valence-corrected chi connectivity index (χ4v) is 1.20. The van der Waals surface area contributed by atoms with Gasteiger partial charge in [-0.15, -0.1) is 0 Å². The molecule has 0 aliphatic rings. The number of nitrogens with two attached hydrogens (primary N) is 2. The first kappa shape index (κ1) is 10.6. The van der Waals surface area contributed by atoms with Crippen molar-refractivity contribution < 1.29 is 13.2 Å². The number of rotatable bonds is 0. The molecule has 1 heterocycles. The molecule has 0 aliphatic carbocycles. The maximum atomic E-state index is 12.5. The summed E-state index contributed by atoms with van der Waals surface area (Å²) >= 11 is 0. The molecule has 0 aromatic carbocycles. The van der Waals surface area contributed by atoms with Gasteiger partial charge in [-0.05, 0) is 25.0 Å². The van der Waals surface area contributed by atoms with Crippen molar-refractivity contribution >= 4 is 11.6 Å². The first-order valence-electron chi connectivity index (χ1n) is 3.84. The van der Waals surface area contributed by atoms with Gasteiger partial charge in [0.2, 0.25) is 0 Å². The van der Waals surface area contributed by atoms with E-state index < -0.39 is 17.6 Å². The number of pyridine rings is 1. The topological polar surface area (TPSA) is 64.9 Å². The van der Waals surface area contributed by atoms with E-state index >= 15 is 0 Å². The minimum absolute atomic E-state index is 0.0301. The predicted octanol–water partition coefficient (Wildman–Crippen LogP) is 1.88. The zero-order valence-corrected chi connectivity index (χ0v) is 7.74. The van der Waals surface area contributed by atoms with E-state index in [-0.39, 0.29) is 11.4 Å². The van der Waals surface area contributed by atoms with E-state index in [9.17, 15) is 13.2 Å². The van der Waals surface area contributed by atoms with Gasteiger partial charge < -0.3 is 11.5 Å². The number of nitrogens with zero attached hydrogens (tertiary/aromatic N) is 1. The molecule has 0 saturated carbocycles. The number of aromatic nitrogens is 1. The largest absolute Gasteiger partial charge is 0.420 e. The summed E-state index contributed by atoms with van der Waals surface area (Å²) in [6.07, 6.45) is -4.49. The van der Waals surface area contributed by atoms with E-state index in [2.05, 4.69) is 4.98 Å². The minimum Gasteiger partial charge on any atom is -0.383 e. The quantitative estimate of drug-likeness (QED) is 0.679. The summed E-state index contributed by atoms with van der Waals surface area (Å²) in [4.78, 5) is 3.44. The van der Waals surface area contributed by atoms with Crippen LogP contribution >= 0.6 is 0 Å². The van der Waals surface area contributed by atoms with E-state index in [1.807, 2.05) is 0 Å². The second kappa shape index (κ2) is 3.04. The van der Waals surface area contributed by atoms with Crippen LogP contribution in [0, 0.1) is 13.8 Å². The van der Waals surface area contributed by atoms with Crippen molar-refractivity contribution in [3.63, 3.8) is 0 Å². The fourth-order valence-electron chi connectivity index (χ4n) is 1.20. The standard InChI is InChI=1S/C8H10F3N3/c1-3-4(2)6(12)14-7(13)5(3)8(9,10)11/h1-2H3,(H4,12,13,14). The van der Waals surface area contributed by atoms with Gasteiger partial charge in [0.1, 0.15) is 17.2 Å². The van der Waals surface area contributed by atoms with E-state index in [0.717, 1.165) is 0 Å². The number of alkyl halides is 3. The van der Waals surface area contributed by atoms with Crippen LogP contribution in [0.25, 0.3) is 0 Å². The summed E-state index contributed by atoms with van der Waals surface area (Å²) in [6.45, 7) is 2.80. The normalized spacial score (nSPS) is 11.8. The highest BCUT2D eigenvalue weighted by atomic mass is 19.4. The van der Waals surface area contributed by atoms with Gasteiger partial charge in [-0.3, -0.25) is 0 Å². The second-order valence-electron chi connectivity index (χ2n) is 3.01. The Balaban J connectivity index is 3.53. The number of hydrogen-bond acceptors (Lipinski definition) is 3. The molecule has 1 aromatic rings. The molecule has 3 nitrogen and oxygen atoms in total. The van der Waals surface area contributed by atoms with Gasteiger partial charge in [0, 0.05) is 0 Å². The number of halogens is 3. The lowest BCUT2D eigenvalue weighted by atomic mass is 10.0. The van der Waals surface area contributed by atoms with Crippen LogP contribution in [0.3, 0.4) is 0 Å². The average Bonchev–Trinajstić information content (AvgIpc) is 1.97. The van der Waals surface area contributed by atoms with Gasteiger partial charge in [-0.2, -0.15) is 13.2 Å². The van der Waals surface area contributed by atoms with Crippen LogP contribution in [0.15, 0.2) is 0 Å². The van der Waals surface area contributed by atoms with Crippen molar-refractivity contribution in [1.82, 2.24) is 4.98 Å². The van der Waals surface area contributed by atoms with E-state index in [1.165, 1.54) is 13.8 Å². The number of hydrogen-bond donors (Lipinski definition) is 2. The Morgan fingerprint density at radius 3 is 1.93 bits per heavy atom. The lowest BCUT2D eigenvalue weighted by Crippen LogP contribution is -2.15. The zero-order valence-electron chi connectivity index (χ0n) is 7.74. The lowest BCUT2D eigenvalue weighted by Gasteiger charge is -2.15. The van der Waals surface area contributed by atoms with Crippen molar-refractivity contribution in [3.05, 3.63) is 16.7 Å². The molecular weight excluding hydrogens is 195 g/mol. The third-order valence-electron chi connectivity index (χ3n) is 2.10. The van der Waals surface area contributed by atoms with Crippen LogP contribution in [0.4, 0.5) is 24.8 Å². The van der Waals surface area contributed by atoms with Crippen LogP contribution < -0.4 is 11.5 Å². The molecule has 1 rings (SSSR count). The Bertz CT molecular complexity index is 371. The lowest BCUT2D eigenvalue weighted by molar-refractivity contribution is -0.137. The van der Waals surface area contributed by atoms with Crippen molar-refractivity contribution in [2.45, 2.75) is 20.0 Å².